The lowest BCUT2D eigenvalue weighted by molar-refractivity contribution is -0.131. The molecule has 2 heterocycles. The summed E-state index contributed by atoms with van der Waals surface area (Å²) in [5.41, 5.74) is 5.84. The van der Waals surface area contributed by atoms with Crippen molar-refractivity contribution in [2.45, 2.75) is 44.3 Å². The third kappa shape index (κ3) is 11.2. The number of aliphatic hydroxyl groups excluding tert-OH is 1. The van der Waals surface area contributed by atoms with Gasteiger partial charge in [0.2, 0.25) is 11.5 Å². The first-order valence-corrected chi connectivity index (χ1v) is 20.7. The maximum Gasteiger partial charge on any atom is 0.411 e. The maximum absolute atomic E-state index is 12.9. The minimum Gasteiger partial charge on any atom is -0.506 e. The number of anilines is 1. The number of nitrogens with zero attached hydrogens (tertiary/aromatic N) is 2. The van der Waals surface area contributed by atoms with Gasteiger partial charge in [0.15, 0.2) is 0 Å². The number of ether oxygens (including phenoxy) is 2. The molecule has 0 bridgehead atoms. The van der Waals surface area contributed by atoms with Crippen LogP contribution < -0.4 is 16.2 Å². The fourth-order valence-corrected chi connectivity index (χ4v) is 8.44. The van der Waals surface area contributed by atoms with Crippen molar-refractivity contribution < 1.29 is 29.3 Å². The summed E-state index contributed by atoms with van der Waals surface area (Å²) in [5, 5.41) is 27.6. The number of likely N-dealkylation sites (N-methyl/N-ethyl adjacent to an activating group) is 1. The lowest BCUT2D eigenvalue weighted by Crippen LogP contribution is -2.35. The van der Waals surface area contributed by atoms with Gasteiger partial charge in [-0.3, -0.25) is 14.9 Å². The van der Waals surface area contributed by atoms with Gasteiger partial charge in [0.1, 0.15) is 11.9 Å². The number of rotatable bonds is 18. The average Bonchev–Trinajstić information content (AvgIpc) is 3.80. The summed E-state index contributed by atoms with van der Waals surface area (Å²) < 4.78 is 11.7. The summed E-state index contributed by atoms with van der Waals surface area (Å²) in [6.07, 6.45) is 2.59. The first-order chi connectivity index (χ1) is 28.7. The highest BCUT2D eigenvalue weighted by atomic mass is 16.6. The molecule has 1 aromatic heterocycles. The van der Waals surface area contributed by atoms with E-state index in [1.807, 2.05) is 54.6 Å². The van der Waals surface area contributed by atoms with Crippen LogP contribution in [0.2, 0.25) is 0 Å². The molecule has 1 saturated heterocycles. The quantitative estimate of drug-likeness (QED) is 0.0658. The lowest BCUT2D eigenvalue weighted by atomic mass is 10.0. The standard InChI is InChI=1S/C47H55N5O7/c1-51(24-22-48-29-43(54)39-15-17-42(53)46-40(39)16-18-44(55)50-46)45(56)21-26-58-25-20-33-13-11-32(12-14-33)19-23-52-30-35-27-37(28-36(35)31-52)59-47(57)49-41-10-6-5-9-38(41)34-7-3-2-4-8-34/h2-18,35-37,43,48,53-54H,19-31H2,1H3,(H,49,57)(H,50,55). The summed E-state index contributed by atoms with van der Waals surface area (Å²) in [7, 11) is 1.75. The number of carbonyl (C=O) groups excluding carboxylic acids is 2. The maximum atomic E-state index is 12.9. The number of aromatic nitrogens is 1. The van der Waals surface area contributed by atoms with Gasteiger partial charge < -0.3 is 39.8 Å². The molecule has 0 spiro atoms. The van der Waals surface area contributed by atoms with E-state index >= 15 is 0 Å². The number of phenols is 1. The van der Waals surface area contributed by atoms with E-state index in [2.05, 4.69) is 44.8 Å². The van der Waals surface area contributed by atoms with Crippen molar-refractivity contribution in [3.8, 4) is 16.9 Å². The number of aromatic hydroxyl groups is 1. The Bertz CT molecular complexity index is 2220. The molecule has 2 amide bonds. The molecular weight excluding hydrogens is 747 g/mol. The van der Waals surface area contributed by atoms with Crippen molar-refractivity contribution >= 4 is 28.6 Å². The molecule has 12 heteroatoms. The topological polar surface area (TPSA) is 156 Å². The number of hydrogen-bond acceptors (Lipinski definition) is 9. The second kappa shape index (κ2) is 20.0. The second-order valence-electron chi connectivity index (χ2n) is 15.8. The fourth-order valence-electron chi connectivity index (χ4n) is 8.44. The zero-order valence-corrected chi connectivity index (χ0v) is 33.6. The van der Waals surface area contributed by atoms with Crippen molar-refractivity contribution in [2.75, 3.05) is 64.8 Å². The highest BCUT2D eigenvalue weighted by Gasteiger charge is 2.42. The summed E-state index contributed by atoms with van der Waals surface area (Å²) in [5.74, 6) is 1.05. The number of benzene rings is 4. The largest absolute Gasteiger partial charge is 0.506 e. The van der Waals surface area contributed by atoms with Crippen LogP contribution in [0.25, 0.3) is 22.0 Å². The highest BCUT2D eigenvalue weighted by molar-refractivity contribution is 5.91. The molecule has 59 heavy (non-hydrogen) atoms. The van der Waals surface area contributed by atoms with E-state index in [1.165, 1.54) is 23.3 Å². The van der Waals surface area contributed by atoms with Gasteiger partial charge in [-0.25, -0.2) is 4.79 Å². The van der Waals surface area contributed by atoms with Gasteiger partial charge in [-0.15, -0.1) is 0 Å². The number of para-hydroxylation sites is 1. The third-order valence-corrected chi connectivity index (χ3v) is 11.7. The molecule has 1 saturated carbocycles. The Morgan fingerprint density at radius 3 is 2.36 bits per heavy atom. The SMILES string of the molecule is CN(CCNCC(O)c1ccc(O)c2[nH]c(=O)ccc12)C(=O)CCOCCc1ccc(CCN2CC3CC(OC(=O)Nc4ccccc4-c4ccccc4)CC3C2)cc1. The second-order valence-corrected chi connectivity index (χ2v) is 15.8. The molecule has 1 aliphatic heterocycles. The Morgan fingerprint density at radius 1 is 0.881 bits per heavy atom. The Kier molecular flexibility index (Phi) is 14.1. The van der Waals surface area contributed by atoms with Crippen molar-refractivity contribution in [1.29, 1.82) is 0 Å². The molecule has 7 rings (SSSR count). The molecule has 12 nitrogen and oxygen atoms in total. The predicted octanol–water partition coefficient (Wildman–Crippen LogP) is 6.13. The Balaban J connectivity index is 0.730. The molecule has 2 aliphatic rings. The molecule has 0 radical (unpaired) electrons. The molecule has 3 unspecified atom stereocenters. The van der Waals surface area contributed by atoms with Crippen LogP contribution in [-0.4, -0.2) is 103 Å². The number of carbonyl (C=O) groups is 2. The first kappa shape index (κ1) is 41.6. The zero-order chi connectivity index (χ0) is 41.1. The smallest absolute Gasteiger partial charge is 0.411 e. The fraction of sp³-hybridized carbons (Fsp3) is 0.383. The number of H-pyrrole nitrogens is 1. The van der Waals surface area contributed by atoms with E-state index in [4.69, 9.17) is 9.47 Å². The predicted molar refractivity (Wildman–Crippen MR) is 229 cm³/mol. The summed E-state index contributed by atoms with van der Waals surface area (Å²) in [4.78, 5) is 44.0. The Hall–Kier alpha value is -5.53. The van der Waals surface area contributed by atoms with Crippen LogP contribution in [0, 0.1) is 11.8 Å². The first-order valence-electron chi connectivity index (χ1n) is 20.7. The number of fused-ring (bicyclic) bond motifs is 2. The van der Waals surface area contributed by atoms with Crippen molar-refractivity contribution in [3.63, 3.8) is 0 Å². The van der Waals surface area contributed by atoms with E-state index in [-0.39, 0.29) is 36.0 Å². The number of likely N-dealkylation sites (tertiary alicyclic amines) is 1. The third-order valence-electron chi connectivity index (χ3n) is 11.7. The van der Waals surface area contributed by atoms with Gasteiger partial charge in [-0.2, -0.15) is 0 Å². The van der Waals surface area contributed by atoms with Crippen LogP contribution >= 0.6 is 0 Å². The van der Waals surface area contributed by atoms with Gasteiger partial charge in [-0.05, 0) is 78.0 Å². The Labute approximate surface area is 345 Å². The number of nitrogens with one attached hydrogen (secondary N) is 3. The summed E-state index contributed by atoms with van der Waals surface area (Å²) in [6.45, 7) is 5.21. The zero-order valence-electron chi connectivity index (χ0n) is 33.6. The van der Waals surface area contributed by atoms with Crippen molar-refractivity contribution in [1.82, 2.24) is 20.1 Å². The molecular formula is C47H55N5O7. The van der Waals surface area contributed by atoms with E-state index in [1.54, 1.807) is 24.1 Å². The molecule has 310 valence electrons. The number of pyridine rings is 1. The Morgan fingerprint density at radius 2 is 1.59 bits per heavy atom. The average molecular weight is 802 g/mol. The van der Waals surface area contributed by atoms with E-state index in [9.17, 15) is 24.6 Å². The molecule has 5 aromatic rings. The van der Waals surface area contributed by atoms with Crippen LogP contribution in [0.15, 0.2) is 108 Å². The van der Waals surface area contributed by atoms with E-state index in [0.29, 0.717) is 61.0 Å². The monoisotopic (exact) mass is 801 g/mol. The van der Waals surface area contributed by atoms with Gasteiger partial charge in [0, 0.05) is 63.3 Å². The molecule has 1 aliphatic carbocycles. The van der Waals surface area contributed by atoms with Gasteiger partial charge in [-0.1, -0.05) is 78.9 Å². The van der Waals surface area contributed by atoms with Gasteiger partial charge >= 0.3 is 6.09 Å². The number of amides is 2. The lowest BCUT2D eigenvalue weighted by Gasteiger charge is -2.20. The number of phenolic OH excluding ortho intramolecular Hbond substituents is 1. The summed E-state index contributed by atoms with van der Waals surface area (Å²) in [6, 6.07) is 32.6. The van der Waals surface area contributed by atoms with Crippen LogP contribution in [0.1, 0.15) is 42.1 Å². The van der Waals surface area contributed by atoms with E-state index in [0.717, 1.165) is 62.1 Å². The normalized spacial score (nSPS) is 18.1. The molecule has 5 N–H and O–H groups in total. The van der Waals surface area contributed by atoms with Crippen LogP contribution in [0.5, 0.6) is 5.75 Å². The van der Waals surface area contributed by atoms with Gasteiger partial charge in [0.05, 0.1) is 36.9 Å². The van der Waals surface area contributed by atoms with Crippen LogP contribution in [-0.2, 0) is 27.1 Å². The van der Waals surface area contributed by atoms with Crippen LogP contribution in [0.4, 0.5) is 10.5 Å². The van der Waals surface area contributed by atoms with Crippen molar-refractivity contribution in [2.24, 2.45) is 11.8 Å². The van der Waals surface area contributed by atoms with Gasteiger partial charge in [0.25, 0.3) is 0 Å². The molecule has 2 fully saturated rings. The minimum absolute atomic E-state index is 0.0102. The minimum atomic E-state index is -0.861. The van der Waals surface area contributed by atoms with Crippen molar-refractivity contribution in [3.05, 3.63) is 130 Å². The number of aliphatic hydroxyl groups is 1. The van der Waals surface area contributed by atoms with Crippen LogP contribution in [0.3, 0.4) is 0 Å². The number of hydrogen-bond donors (Lipinski definition) is 5. The van der Waals surface area contributed by atoms with E-state index < -0.39 is 6.10 Å². The number of aromatic amines is 1. The highest BCUT2D eigenvalue weighted by Crippen LogP contribution is 2.40. The molecule has 3 atom stereocenters. The molecule has 4 aromatic carbocycles. The summed E-state index contributed by atoms with van der Waals surface area (Å²) >= 11 is 0.